The topological polar surface area (TPSA) is 58.6 Å². The van der Waals surface area contributed by atoms with Crippen LogP contribution in [0, 0.1) is 0 Å². The molecule has 1 aliphatic rings. The predicted octanol–water partition coefficient (Wildman–Crippen LogP) is 0.424. The molecular weight excluding hydrogens is 158 g/mol. The first-order valence-corrected chi connectivity index (χ1v) is 4.02. The number of hydrogen-bond acceptors (Lipinski definition) is 3. The van der Waals surface area contributed by atoms with Crippen LogP contribution < -0.4 is 5.32 Å². The van der Waals surface area contributed by atoms with Crippen molar-refractivity contribution in [2.24, 2.45) is 0 Å². The number of amides is 1. The SMILES string of the molecule is O=C(NC1CC=CC1)OCCO. The number of aliphatic hydroxyl groups excluding tert-OH is 1. The van der Waals surface area contributed by atoms with Crippen LogP contribution in [-0.4, -0.2) is 30.5 Å². The quantitative estimate of drug-likeness (QED) is 0.605. The first kappa shape index (κ1) is 9.06. The van der Waals surface area contributed by atoms with Crippen molar-refractivity contribution in [3.05, 3.63) is 12.2 Å². The number of carbonyl (C=O) groups is 1. The lowest BCUT2D eigenvalue weighted by Gasteiger charge is -2.11. The number of ether oxygens (including phenoxy) is 1. The Bertz CT molecular complexity index is 171. The zero-order chi connectivity index (χ0) is 8.81. The molecule has 0 fully saturated rings. The molecule has 0 aromatic heterocycles. The molecule has 1 aliphatic carbocycles. The summed E-state index contributed by atoms with van der Waals surface area (Å²) in [4.78, 5) is 10.9. The van der Waals surface area contributed by atoms with Crippen LogP contribution in [0.3, 0.4) is 0 Å². The minimum atomic E-state index is -0.447. The van der Waals surface area contributed by atoms with Gasteiger partial charge in [-0.15, -0.1) is 0 Å². The van der Waals surface area contributed by atoms with Crippen molar-refractivity contribution in [2.45, 2.75) is 18.9 Å². The lowest BCUT2D eigenvalue weighted by atomic mass is 10.2. The third kappa shape index (κ3) is 2.92. The van der Waals surface area contributed by atoms with Gasteiger partial charge in [0.1, 0.15) is 6.61 Å². The molecule has 0 aromatic carbocycles. The Morgan fingerprint density at radius 1 is 1.58 bits per heavy atom. The Balaban J connectivity index is 2.09. The molecule has 0 unspecified atom stereocenters. The summed E-state index contributed by atoms with van der Waals surface area (Å²) < 4.78 is 4.63. The zero-order valence-electron chi connectivity index (χ0n) is 6.82. The molecule has 4 heteroatoms. The summed E-state index contributed by atoms with van der Waals surface area (Å²) >= 11 is 0. The molecule has 2 N–H and O–H groups in total. The van der Waals surface area contributed by atoms with Crippen molar-refractivity contribution < 1.29 is 14.6 Å². The molecular formula is C8H13NO3. The largest absolute Gasteiger partial charge is 0.447 e. The van der Waals surface area contributed by atoms with Crippen LogP contribution >= 0.6 is 0 Å². The fourth-order valence-electron chi connectivity index (χ4n) is 1.08. The number of hydrogen-bond donors (Lipinski definition) is 2. The van der Waals surface area contributed by atoms with E-state index in [4.69, 9.17) is 5.11 Å². The van der Waals surface area contributed by atoms with Crippen LogP contribution in [0.25, 0.3) is 0 Å². The molecule has 0 spiro atoms. The molecule has 0 atom stereocenters. The van der Waals surface area contributed by atoms with E-state index in [-0.39, 0.29) is 19.3 Å². The summed E-state index contributed by atoms with van der Waals surface area (Å²) in [6.45, 7) is -0.0671. The zero-order valence-corrected chi connectivity index (χ0v) is 6.82. The van der Waals surface area contributed by atoms with Gasteiger partial charge >= 0.3 is 6.09 Å². The first-order valence-electron chi connectivity index (χ1n) is 4.02. The van der Waals surface area contributed by atoms with Crippen molar-refractivity contribution in [3.63, 3.8) is 0 Å². The molecule has 1 rings (SSSR count). The molecule has 1 amide bonds. The number of aliphatic hydroxyl groups is 1. The summed E-state index contributed by atoms with van der Waals surface area (Å²) in [6, 6.07) is 0.177. The van der Waals surface area contributed by atoms with E-state index in [1.165, 1.54) is 0 Å². The summed E-state index contributed by atoms with van der Waals surface area (Å²) in [5.41, 5.74) is 0. The van der Waals surface area contributed by atoms with Crippen LogP contribution in [-0.2, 0) is 4.74 Å². The van der Waals surface area contributed by atoms with Gasteiger partial charge < -0.3 is 15.2 Å². The Hall–Kier alpha value is -1.03. The highest BCUT2D eigenvalue weighted by molar-refractivity contribution is 5.67. The van der Waals surface area contributed by atoms with Crippen LogP contribution in [0.2, 0.25) is 0 Å². The van der Waals surface area contributed by atoms with E-state index in [0.717, 1.165) is 12.8 Å². The Morgan fingerprint density at radius 2 is 2.25 bits per heavy atom. The second-order valence-corrected chi connectivity index (χ2v) is 2.64. The summed E-state index contributed by atoms with van der Waals surface area (Å²) in [7, 11) is 0. The number of alkyl carbamates (subject to hydrolysis) is 1. The summed E-state index contributed by atoms with van der Waals surface area (Å²) in [6.07, 6.45) is 5.34. The monoisotopic (exact) mass is 171 g/mol. The minimum Gasteiger partial charge on any atom is -0.447 e. The van der Waals surface area contributed by atoms with E-state index in [1.807, 2.05) is 12.2 Å². The highest BCUT2D eigenvalue weighted by atomic mass is 16.6. The molecule has 4 nitrogen and oxygen atoms in total. The fourth-order valence-corrected chi connectivity index (χ4v) is 1.08. The van der Waals surface area contributed by atoms with Crippen molar-refractivity contribution >= 4 is 6.09 Å². The average Bonchev–Trinajstić information content (AvgIpc) is 2.53. The molecule has 0 saturated carbocycles. The van der Waals surface area contributed by atoms with E-state index in [2.05, 4.69) is 10.1 Å². The van der Waals surface area contributed by atoms with Gasteiger partial charge in [-0.3, -0.25) is 0 Å². The third-order valence-corrected chi connectivity index (χ3v) is 1.65. The van der Waals surface area contributed by atoms with Crippen LogP contribution in [0.4, 0.5) is 4.79 Å². The van der Waals surface area contributed by atoms with E-state index < -0.39 is 6.09 Å². The van der Waals surface area contributed by atoms with Gasteiger partial charge in [0, 0.05) is 6.04 Å². The summed E-state index contributed by atoms with van der Waals surface area (Å²) in [5, 5.41) is 11.0. The van der Waals surface area contributed by atoms with Crippen LogP contribution in [0.5, 0.6) is 0 Å². The van der Waals surface area contributed by atoms with Gasteiger partial charge in [-0.1, -0.05) is 12.2 Å². The lowest BCUT2D eigenvalue weighted by molar-refractivity contribution is 0.116. The van der Waals surface area contributed by atoms with Gasteiger partial charge in [0.05, 0.1) is 6.61 Å². The van der Waals surface area contributed by atoms with Crippen LogP contribution in [0.1, 0.15) is 12.8 Å². The van der Waals surface area contributed by atoms with E-state index in [9.17, 15) is 4.79 Å². The highest BCUT2D eigenvalue weighted by Gasteiger charge is 2.13. The predicted molar refractivity (Wildman–Crippen MR) is 43.7 cm³/mol. The Labute approximate surface area is 71.2 Å². The molecule has 0 heterocycles. The fraction of sp³-hybridized carbons (Fsp3) is 0.625. The van der Waals surface area contributed by atoms with E-state index in [1.54, 1.807) is 0 Å². The molecule has 0 bridgehead atoms. The second-order valence-electron chi connectivity index (χ2n) is 2.64. The minimum absolute atomic E-state index is 0.0615. The molecule has 12 heavy (non-hydrogen) atoms. The van der Waals surface area contributed by atoms with Crippen molar-refractivity contribution in [2.75, 3.05) is 13.2 Å². The lowest BCUT2D eigenvalue weighted by Crippen LogP contribution is -2.33. The molecule has 0 saturated heterocycles. The van der Waals surface area contributed by atoms with Gasteiger partial charge in [-0.25, -0.2) is 4.79 Å². The summed E-state index contributed by atoms with van der Waals surface area (Å²) in [5.74, 6) is 0. The second kappa shape index (κ2) is 4.77. The maximum absolute atomic E-state index is 10.9. The third-order valence-electron chi connectivity index (χ3n) is 1.65. The number of rotatable bonds is 3. The smallest absolute Gasteiger partial charge is 0.407 e. The van der Waals surface area contributed by atoms with Gasteiger partial charge in [0.15, 0.2) is 0 Å². The van der Waals surface area contributed by atoms with Crippen LogP contribution in [0.15, 0.2) is 12.2 Å². The Morgan fingerprint density at radius 3 is 2.83 bits per heavy atom. The van der Waals surface area contributed by atoms with Crippen molar-refractivity contribution in [1.82, 2.24) is 5.32 Å². The molecule has 0 aromatic rings. The van der Waals surface area contributed by atoms with Crippen molar-refractivity contribution in [3.8, 4) is 0 Å². The average molecular weight is 171 g/mol. The standard InChI is InChI=1S/C8H13NO3/c10-5-6-12-8(11)9-7-3-1-2-4-7/h1-2,7,10H,3-6H2,(H,9,11). The maximum atomic E-state index is 10.9. The van der Waals surface area contributed by atoms with Gasteiger partial charge in [-0.05, 0) is 12.8 Å². The number of carbonyl (C=O) groups excluding carboxylic acids is 1. The van der Waals surface area contributed by atoms with Gasteiger partial charge in [0.2, 0.25) is 0 Å². The maximum Gasteiger partial charge on any atom is 0.407 e. The number of nitrogens with one attached hydrogen (secondary N) is 1. The van der Waals surface area contributed by atoms with Gasteiger partial charge in [-0.2, -0.15) is 0 Å². The van der Waals surface area contributed by atoms with E-state index in [0.29, 0.717) is 0 Å². The normalized spacial score (nSPS) is 16.4. The van der Waals surface area contributed by atoms with Gasteiger partial charge in [0.25, 0.3) is 0 Å². The highest BCUT2D eigenvalue weighted by Crippen LogP contribution is 2.08. The Kier molecular flexibility index (Phi) is 3.60. The molecule has 0 aliphatic heterocycles. The van der Waals surface area contributed by atoms with Crippen molar-refractivity contribution in [1.29, 1.82) is 0 Å². The molecule has 0 radical (unpaired) electrons. The molecule has 68 valence electrons. The first-order chi connectivity index (χ1) is 5.83. The van der Waals surface area contributed by atoms with E-state index >= 15 is 0 Å².